The summed E-state index contributed by atoms with van der Waals surface area (Å²) in [4.78, 5) is 32.4. The zero-order valence-corrected chi connectivity index (χ0v) is 26.3. The fourth-order valence-corrected chi connectivity index (χ4v) is 7.84. The summed E-state index contributed by atoms with van der Waals surface area (Å²) in [6, 6.07) is 5.99. The van der Waals surface area contributed by atoms with Crippen molar-refractivity contribution in [2.24, 2.45) is 10.4 Å². The quantitative estimate of drug-likeness (QED) is 0.346. The highest BCUT2D eigenvalue weighted by molar-refractivity contribution is 7.98. The maximum absolute atomic E-state index is 13.8. The molecule has 9 nitrogen and oxygen atoms in total. The molecular weight excluding hydrogens is 628 g/mol. The van der Waals surface area contributed by atoms with E-state index in [1.807, 2.05) is 18.7 Å². The van der Waals surface area contributed by atoms with E-state index in [0.717, 1.165) is 48.8 Å². The van der Waals surface area contributed by atoms with E-state index in [4.69, 9.17) is 4.74 Å². The lowest BCUT2D eigenvalue weighted by Crippen LogP contribution is -2.52. The number of benzene rings is 2. The van der Waals surface area contributed by atoms with Crippen LogP contribution in [0.25, 0.3) is 6.08 Å². The number of carbonyl (C=O) groups is 2. The van der Waals surface area contributed by atoms with Gasteiger partial charge in [-0.1, -0.05) is 4.31 Å². The molecule has 4 aliphatic rings. The molecule has 2 spiro atoms. The minimum absolute atomic E-state index is 0.0236. The van der Waals surface area contributed by atoms with E-state index in [2.05, 4.69) is 10.3 Å². The van der Waals surface area contributed by atoms with Crippen LogP contribution in [0, 0.1) is 25.1 Å². The van der Waals surface area contributed by atoms with E-state index in [0.29, 0.717) is 30.8 Å². The van der Waals surface area contributed by atoms with Crippen LogP contribution in [0.15, 0.2) is 40.7 Å². The lowest BCUT2D eigenvalue weighted by molar-refractivity contribution is -0.140. The second-order valence-electron chi connectivity index (χ2n) is 12.7. The zero-order chi connectivity index (χ0) is 33.1. The molecule has 2 aromatic carbocycles. The summed E-state index contributed by atoms with van der Waals surface area (Å²) >= 11 is 0. The summed E-state index contributed by atoms with van der Waals surface area (Å²) in [5.74, 6) is -2.09. The van der Waals surface area contributed by atoms with Crippen LogP contribution in [0.3, 0.4) is 0 Å². The van der Waals surface area contributed by atoms with Crippen molar-refractivity contribution in [2.45, 2.75) is 51.2 Å². The first-order chi connectivity index (χ1) is 21.6. The maximum Gasteiger partial charge on any atom is 0.419 e. The second-order valence-corrected chi connectivity index (χ2v) is 14.6. The number of amidine groups is 1. The summed E-state index contributed by atoms with van der Waals surface area (Å²) in [5, 5.41) is 3.72. The number of aryl methyl sites for hydroxylation is 2. The molecule has 4 aliphatic heterocycles. The van der Waals surface area contributed by atoms with Gasteiger partial charge >= 0.3 is 16.6 Å². The third-order valence-electron chi connectivity index (χ3n) is 9.63. The highest BCUT2D eigenvalue weighted by atomic mass is 32.3. The minimum Gasteiger partial charge on any atom is -0.380 e. The Morgan fingerprint density at radius 1 is 1.04 bits per heavy atom. The number of alkyl halides is 3. The van der Waals surface area contributed by atoms with Gasteiger partial charge in [0.05, 0.1) is 31.9 Å². The van der Waals surface area contributed by atoms with Crippen molar-refractivity contribution in [2.75, 3.05) is 39.4 Å². The first-order valence-corrected chi connectivity index (χ1v) is 16.6. The number of ether oxygens (including phenoxy) is 1. The molecular formula is C32H35F4N4O5S+. The molecule has 1 unspecified atom stereocenters. The minimum atomic E-state index is -4.92. The average Bonchev–Trinajstić information content (AvgIpc) is 3.30. The Morgan fingerprint density at radius 2 is 1.67 bits per heavy atom. The fraction of sp³-hybridized carbons (Fsp3) is 0.469. The topological polar surface area (TPSA) is 112 Å². The van der Waals surface area contributed by atoms with Crippen LogP contribution < -0.4 is 5.32 Å². The molecule has 2 amide bonds. The Morgan fingerprint density at radius 3 is 2.24 bits per heavy atom. The molecule has 0 aliphatic carbocycles. The van der Waals surface area contributed by atoms with Gasteiger partial charge in [-0.25, -0.2) is 4.39 Å². The number of piperidine rings is 2. The Kier molecular flexibility index (Phi) is 8.23. The van der Waals surface area contributed by atoms with E-state index in [1.54, 1.807) is 18.2 Å². The number of hydrogen-bond acceptors (Lipinski definition) is 5. The maximum atomic E-state index is 13.8. The van der Waals surface area contributed by atoms with Crippen molar-refractivity contribution in [3.05, 3.63) is 74.9 Å². The third-order valence-corrected chi connectivity index (χ3v) is 11.2. The third kappa shape index (κ3) is 6.03. The molecule has 1 atom stereocenters. The van der Waals surface area contributed by atoms with Gasteiger partial charge in [-0.05, 0) is 96.8 Å². The highest BCUT2D eigenvalue weighted by Crippen LogP contribution is 2.39. The smallest absolute Gasteiger partial charge is 0.380 e. The van der Waals surface area contributed by atoms with E-state index in [1.165, 1.54) is 9.71 Å². The van der Waals surface area contributed by atoms with Gasteiger partial charge in [-0.2, -0.15) is 17.7 Å². The molecule has 3 saturated heterocycles. The van der Waals surface area contributed by atoms with Crippen molar-refractivity contribution < 1.29 is 40.6 Å². The normalized spacial score (nSPS) is 22.5. The number of hydrogen-bond donors (Lipinski definition) is 2. The molecule has 0 aromatic heterocycles. The Bertz CT molecular complexity index is 1660. The van der Waals surface area contributed by atoms with Gasteiger partial charge in [0, 0.05) is 29.6 Å². The summed E-state index contributed by atoms with van der Waals surface area (Å²) in [6.07, 6.45) is -1.38. The molecule has 14 heteroatoms. The Balaban J connectivity index is 1.11. The van der Waals surface area contributed by atoms with Gasteiger partial charge in [0.1, 0.15) is 17.2 Å². The lowest BCUT2D eigenvalue weighted by Gasteiger charge is -2.47. The molecule has 0 saturated carbocycles. The second kappa shape index (κ2) is 11.7. The number of nitrogens with zero attached hydrogens (tertiary/aromatic N) is 3. The molecule has 46 heavy (non-hydrogen) atoms. The average molecular weight is 664 g/mol. The standard InChI is InChI=1S/C32H34F4N4O5S/c1-20-15-23(28(41)39-10-6-30(7-11-39)18-45-19-30)16-21(2)24(20)5-14-46(43,44)40-12-8-31(9-13-40)29(42)37-27(38-31)22-3-4-26(33)25(17-22)32(34,35)36/h3-5,14-17H,6-13,18-19H2,1-2H3,(H-,37,38,42,43,44)/p+1/b14-5+. The fourth-order valence-electron chi connectivity index (χ4n) is 6.65. The molecule has 246 valence electrons. The van der Waals surface area contributed by atoms with E-state index in [-0.39, 0.29) is 48.7 Å². The number of nitrogens with one attached hydrogen (secondary N) is 1. The van der Waals surface area contributed by atoms with Crippen molar-refractivity contribution in [3.63, 3.8) is 0 Å². The van der Waals surface area contributed by atoms with Crippen LogP contribution in [-0.4, -0.2) is 76.3 Å². The largest absolute Gasteiger partial charge is 0.419 e. The molecule has 0 radical (unpaired) electrons. The SMILES string of the molecule is Cc1cc(C(=O)N2CCC3(CC2)COC3)cc(C)c1/C=C/[S+](=O)(O)N1CCC2(CC1)N=C(c1ccc(F)c(C(F)(F)F)c1)NC2=O. The van der Waals surface area contributed by atoms with E-state index < -0.39 is 39.4 Å². The molecule has 3 fully saturated rings. The number of rotatable bonds is 5. The van der Waals surface area contributed by atoms with Gasteiger partial charge < -0.3 is 15.0 Å². The van der Waals surface area contributed by atoms with Crippen LogP contribution in [0.2, 0.25) is 0 Å². The van der Waals surface area contributed by atoms with E-state index in [9.17, 15) is 35.9 Å². The van der Waals surface area contributed by atoms with Crippen molar-refractivity contribution >= 4 is 34.1 Å². The van der Waals surface area contributed by atoms with Crippen LogP contribution >= 0.6 is 0 Å². The molecule has 2 aromatic rings. The van der Waals surface area contributed by atoms with Gasteiger partial charge in [-0.15, -0.1) is 0 Å². The molecule has 6 rings (SSSR count). The number of carbonyl (C=O) groups excluding carboxylic acids is 2. The molecule has 4 heterocycles. The van der Waals surface area contributed by atoms with Gasteiger partial charge in [0.2, 0.25) is 0 Å². The number of likely N-dealkylation sites (tertiary alicyclic amines) is 1. The highest BCUT2D eigenvalue weighted by Gasteiger charge is 2.50. The van der Waals surface area contributed by atoms with Crippen molar-refractivity contribution in [3.8, 4) is 0 Å². The summed E-state index contributed by atoms with van der Waals surface area (Å²) in [5.41, 5.74) is 0.227. The first kappa shape index (κ1) is 32.5. The van der Waals surface area contributed by atoms with Gasteiger partial charge in [-0.3, -0.25) is 14.6 Å². The number of halogens is 4. The van der Waals surface area contributed by atoms with Crippen molar-refractivity contribution in [1.29, 1.82) is 0 Å². The van der Waals surface area contributed by atoms with Crippen LogP contribution in [0.1, 0.15) is 63.9 Å². The molecule has 0 bridgehead atoms. The van der Waals surface area contributed by atoms with Crippen molar-refractivity contribution in [1.82, 2.24) is 14.5 Å². The predicted molar refractivity (Wildman–Crippen MR) is 164 cm³/mol. The van der Waals surface area contributed by atoms with E-state index >= 15 is 0 Å². The zero-order valence-electron chi connectivity index (χ0n) is 25.5. The summed E-state index contributed by atoms with van der Waals surface area (Å²) in [7, 11) is -3.65. The molecule has 2 N–H and O–H groups in total. The Labute approximate surface area is 265 Å². The number of aliphatic imine (C=N–C) groups is 1. The number of amides is 2. The summed E-state index contributed by atoms with van der Waals surface area (Å²) < 4.78 is 84.5. The monoisotopic (exact) mass is 663 g/mol. The Hall–Kier alpha value is -3.46. The predicted octanol–water partition coefficient (Wildman–Crippen LogP) is 4.98. The first-order valence-electron chi connectivity index (χ1n) is 15.1. The van der Waals surface area contributed by atoms with Crippen LogP contribution in [-0.2, 0) is 30.3 Å². The lowest BCUT2D eigenvalue weighted by atomic mass is 9.77. The van der Waals surface area contributed by atoms with Gasteiger partial charge in [0.25, 0.3) is 11.8 Å². The summed E-state index contributed by atoms with van der Waals surface area (Å²) in [6.45, 7) is 6.63. The van der Waals surface area contributed by atoms with Gasteiger partial charge in [0.15, 0.2) is 5.41 Å². The van der Waals surface area contributed by atoms with Crippen LogP contribution in [0.5, 0.6) is 0 Å². The van der Waals surface area contributed by atoms with Crippen LogP contribution in [0.4, 0.5) is 17.6 Å².